The fourth-order valence-electron chi connectivity index (χ4n) is 2.04. The third kappa shape index (κ3) is 10.7. The molecule has 0 heterocycles. The Balaban J connectivity index is 2.67. The van der Waals surface area contributed by atoms with E-state index in [-0.39, 0.29) is 25.6 Å². The molecule has 1 amide bonds. The summed E-state index contributed by atoms with van der Waals surface area (Å²) in [5.74, 6) is 0.330. The van der Waals surface area contributed by atoms with Crippen molar-refractivity contribution in [3.05, 3.63) is 35.4 Å². The van der Waals surface area contributed by atoms with Crippen LogP contribution >= 0.6 is 0 Å². The summed E-state index contributed by atoms with van der Waals surface area (Å²) in [5.41, 5.74) is 1.43. The Morgan fingerprint density at radius 1 is 1.21 bits per heavy atom. The van der Waals surface area contributed by atoms with Gasteiger partial charge in [-0.25, -0.2) is 4.99 Å². The van der Waals surface area contributed by atoms with Crippen LogP contribution in [0.3, 0.4) is 0 Å². The van der Waals surface area contributed by atoms with Crippen molar-refractivity contribution < 1.29 is 27.4 Å². The molecule has 0 atom stereocenters. The van der Waals surface area contributed by atoms with Gasteiger partial charge in [0.25, 0.3) is 0 Å². The molecule has 1 rings (SSSR count). The molecule has 0 saturated heterocycles. The van der Waals surface area contributed by atoms with Crippen LogP contribution in [0.4, 0.5) is 13.2 Å². The summed E-state index contributed by atoms with van der Waals surface area (Å²) in [6.07, 6.45) is -4.35. The zero-order valence-electron chi connectivity index (χ0n) is 16.3. The number of rotatable bonds is 10. The van der Waals surface area contributed by atoms with Crippen LogP contribution in [-0.4, -0.2) is 70.5 Å². The number of hydrogen-bond donors (Lipinski definition) is 2. The first-order chi connectivity index (χ1) is 13.2. The maximum Gasteiger partial charge on any atom is 0.411 e. The molecule has 0 bridgehead atoms. The molecule has 2 N–H and O–H groups in total. The molecule has 7 nitrogen and oxygen atoms in total. The van der Waals surface area contributed by atoms with E-state index in [0.29, 0.717) is 24.7 Å². The summed E-state index contributed by atoms with van der Waals surface area (Å²) in [7, 11) is 4.89. The van der Waals surface area contributed by atoms with Crippen LogP contribution in [0.25, 0.3) is 0 Å². The maximum absolute atomic E-state index is 12.2. The zero-order valence-corrected chi connectivity index (χ0v) is 16.3. The van der Waals surface area contributed by atoms with E-state index >= 15 is 0 Å². The molecule has 0 unspecified atom stereocenters. The Morgan fingerprint density at radius 3 is 2.57 bits per heavy atom. The number of carbonyl (C=O) groups is 1. The number of alkyl halides is 3. The highest BCUT2D eigenvalue weighted by molar-refractivity contribution is 5.86. The van der Waals surface area contributed by atoms with Crippen LogP contribution in [-0.2, 0) is 27.4 Å². The van der Waals surface area contributed by atoms with Gasteiger partial charge in [-0.05, 0) is 11.1 Å². The summed E-state index contributed by atoms with van der Waals surface area (Å²) in [6, 6.07) is 6.97. The second kappa shape index (κ2) is 12.2. The smallest absolute Gasteiger partial charge is 0.383 e. The first-order valence-corrected chi connectivity index (χ1v) is 8.65. The number of ether oxygens (including phenoxy) is 2. The molecule has 0 radical (unpaired) electrons. The van der Waals surface area contributed by atoms with Gasteiger partial charge in [0.1, 0.15) is 6.61 Å². The SMILES string of the molecule is COCCNC(=NCc1cccc(COCC(F)(F)F)c1)NCC(=O)N(C)C. The lowest BCUT2D eigenvalue weighted by Gasteiger charge is -2.15. The number of benzene rings is 1. The second-order valence-corrected chi connectivity index (χ2v) is 6.15. The van der Waals surface area contributed by atoms with Crippen molar-refractivity contribution in [2.75, 3.05) is 47.5 Å². The lowest BCUT2D eigenvalue weighted by molar-refractivity contribution is -0.176. The number of aliphatic imine (C=N–C) groups is 1. The molecule has 1 aromatic rings. The number of halogens is 3. The molecule has 0 aliphatic rings. The molecular formula is C18H27F3N4O3. The quantitative estimate of drug-likeness (QED) is 0.352. The predicted octanol–water partition coefficient (Wildman–Crippen LogP) is 1.54. The van der Waals surface area contributed by atoms with Gasteiger partial charge in [-0.1, -0.05) is 24.3 Å². The van der Waals surface area contributed by atoms with Gasteiger partial charge >= 0.3 is 6.18 Å². The van der Waals surface area contributed by atoms with Crippen molar-refractivity contribution in [3.63, 3.8) is 0 Å². The fraction of sp³-hybridized carbons (Fsp3) is 0.556. The third-order valence-corrected chi connectivity index (χ3v) is 3.45. The van der Waals surface area contributed by atoms with Crippen LogP contribution in [0.5, 0.6) is 0 Å². The van der Waals surface area contributed by atoms with E-state index in [0.717, 1.165) is 5.56 Å². The number of hydrogen-bond acceptors (Lipinski definition) is 4. The van der Waals surface area contributed by atoms with E-state index < -0.39 is 12.8 Å². The van der Waals surface area contributed by atoms with Gasteiger partial charge in [0.15, 0.2) is 5.96 Å². The van der Waals surface area contributed by atoms with Crippen LogP contribution in [0.2, 0.25) is 0 Å². The minimum Gasteiger partial charge on any atom is -0.383 e. The van der Waals surface area contributed by atoms with Crippen molar-refractivity contribution in [2.45, 2.75) is 19.3 Å². The molecule has 158 valence electrons. The Labute approximate surface area is 162 Å². The second-order valence-electron chi connectivity index (χ2n) is 6.15. The molecule has 0 spiro atoms. The molecule has 0 saturated carbocycles. The first kappa shape index (κ1) is 23.7. The molecule has 0 fully saturated rings. The number of nitrogens with zero attached hydrogens (tertiary/aromatic N) is 2. The van der Waals surface area contributed by atoms with E-state index in [1.807, 2.05) is 6.07 Å². The van der Waals surface area contributed by atoms with Crippen LogP contribution in [0, 0.1) is 0 Å². The first-order valence-electron chi connectivity index (χ1n) is 8.65. The van der Waals surface area contributed by atoms with Gasteiger partial charge < -0.3 is 25.0 Å². The molecule has 0 aliphatic heterocycles. The minimum atomic E-state index is -4.35. The summed E-state index contributed by atoms with van der Waals surface area (Å²) in [6.45, 7) is -0.0841. The summed E-state index contributed by atoms with van der Waals surface area (Å²) in [4.78, 5) is 17.6. The molecule has 0 aliphatic carbocycles. The van der Waals surface area contributed by atoms with Crippen molar-refractivity contribution in [3.8, 4) is 0 Å². The van der Waals surface area contributed by atoms with Crippen molar-refractivity contribution in [1.29, 1.82) is 0 Å². The van der Waals surface area contributed by atoms with Crippen molar-refractivity contribution in [1.82, 2.24) is 15.5 Å². The molecule has 28 heavy (non-hydrogen) atoms. The Hall–Kier alpha value is -2.33. The number of carbonyl (C=O) groups excluding carboxylic acids is 1. The van der Waals surface area contributed by atoms with Gasteiger partial charge in [0.2, 0.25) is 5.91 Å². The van der Waals surface area contributed by atoms with Crippen LogP contribution < -0.4 is 10.6 Å². The molecule has 10 heteroatoms. The van der Waals surface area contributed by atoms with Crippen LogP contribution in [0.15, 0.2) is 29.3 Å². The average Bonchev–Trinajstić information content (AvgIpc) is 2.62. The van der Waals surface area contributed by atoms with E-state index in [1.165, 1.54) is 4.90 Å². The minimum absolute atomic E-state index is 0.0805. The average molecular weight is 404 g/mol. The normalized spacial score (nSPS) is 12.0. The number of methoxy groups -OCH3 is 1. The molecule has 1 aromatic carbocycles. The Morgan fingerprint density at radius 2 is 1.93 bits per heavy atom. The summed E-state index contributed by atoms with van der Waals surface area (Å²) < 4.78 is 46.1. The summed E-state index contributed by atoms with van der Waals surface area (Å²) >= 11 is 0. The topological polar surface area (TPSA) is 75.2 Å². The Kier molecular flexibility index (Phi) is 10.3. The third-order valence-electron chi connectivity index (χ3n) is 3.45. The zero-order chi connectivity index (χ0) is 21.0. The van der Waals surface area contributed by atoms with E-state index in [9.17, 15) is 18.0 Å². The number of likely N-dealkylation sites (N-methyl/N-ethyl adjacent to an activating group) is 1. The summed E-state index contributed by atoms with van der Waals surface area (Å²) in [5, 5.41) is 5.98. The van der Waals surface area contributed by atoms with Crippen molar-refractivity contribution >= 4 is 11.9 Å². The van der Waals surface area contributed by atoms with Gasteiger partial charge in [-0.2, -0.15) is 13.2 Å². The number of amides is 1. The maximum atomic E-state index is 12.2. The highest BCUT2D eigenvalue weighted by atomic mass is 19.4. The monoisotopic (exact) mass is 404 g/mol. The number of nitrogens with one attached hydrogen (secondary N) is 2. The lowest BCUT2D eigenvalue weighted by atomic mass is 10.1. The largest absolute Gasteiger partial charge is 0.411 e. The lowest BCUT2D eigenvalue weighted by Crippen LogP contribution is -2.43. The van der Waals surface area contributed by atoms with Gasteiger partial charge in [-0.3, -0.25) is 4.79 Å². The van der Waals surface area contributed by atoms with Gasteiger partial charge in [0.05, 0.1) is 26.3 Å². The van der Waals surface area contributed by atoms with Crippen molar-refractivity contribution in [2.24, 2.45) is 4.99 Å². The number of guanidine groups is 1. The van der Waals surface area contributed by atoms with E-state index in [2.05, 4.69) is 20.4 Å². The fourth-order valence-corrected chi connectivity index (χ4v) is 2.04. The molecule has 0 aromatic heterocycles. The van der Waals surface area contributed by atoms with E-state index in [1.54, 1.807) is 39.4 Å². The van der Waals surface area contributed by atoms with E-state index in [4.69, 9.17) is 4.74 Å². The predicted molar refractivity (Wildman–Crippen MR) is 99.9 cm³/mol. The highest BCUT2D eigenvalue weighted by Crippen LogP contribution is 2.16. The standard InChI is InChI=1S/C18H27F3N4O3/c1-25(2)16(26)11-24-17(22-7-8-27-3)23-10-14-5-4-6-15(9-14)12-28-13-18(19,20)21/h4-6,9H,7-8,10-13H2,1-3H3,(H2,22,23,24). The van der Waals surface area contributed by atoms with Gasteiger partial charge in [0, 0.05) is 27.7 Å². The van der Waals surface area contributed by atoms with Gasteiger partial charge in [-0.15, -0.1) is 0 Å². The Bertz CT molecular complexity index is 637. The van der Waals surface area contributed by atoms with Crippen LogP contribution in [0.1, 0.15) is 11.1 Å². The highest BCUT2D eigenvalue weighted by Gasteiger charge is 2.27. The molecular weight excluding hydrogens is 377 g/mol.